The zero-order chi connectivity index (χ0) is 20.5. The molecule has 4 aromatic rings. The lowest BCUT2D eigenvalue weighted by Crippen LogP contribution is -2.45. The van der Waals surface area contributed by atoms with Crippen LogP contribution in [0.4, 0.5) is 5.69 Å². The number of thiazole rings is 1. The minimum Gasteiger partial charge on any atom is -0.369 e. The van der Waals surface area contributed by atoms with Crippen LogP contribution in [-0.2, 0) is 0 Å². The van der Waals surface area contributed by atoms with Crippen LogP contribution in [0.15, 0.2) is 41.2 Å². The third-order valence-electron chi connectivity index (χ3n) is 6.18. The number of para-hydroxylation sites is 2. The highest BCUT2D eigenvalue weighted by Gasteiger charge is 2.34. The summed E-state index contributed by atoms with van der Waals surface area (Å²) in [4.78, 5) is 20.7. The van der Waals surface area contributed by atoms with Crippen molar-refractivity contribution in [2.75, 3.05) is 11.9 Å². The molecule has 0 bridgehead atoms. The van der Waals surface area contributed by atoms with E-state index in [0.717, 1.165) is 23.0 Å². The van der Waals surface area contributed by atoms with E-state index in [2.05, 4.69) is 43.8 Å². The Morgan fingerprint density at radius 3 is 2.83 bits per heavy atom. The second-order valence-electron chi connectivity index (χ2n) is 8.54. The zero-order valence-corrected chi connectivity index (χ0v) is 18.4. The summed E-state index contributed by atoms with van der Waals surface area (Å²) in [5.74, 6) is 0.428. The van der Waals surface area contributed by atoms with Crippen LogP contribution in [0.2, 0.25) is 5.02 Å². The molecule has 0 saturated heterocycles. The summed E-state index contributed by atoms with van der Waals surface area (Å²) in [6, 6.07) is 11.9. The molecule has 4 nitrogen and oxygen atoms in total. The summed E-state index contributed by atoms with van der Waals surface area (Å²) in [6.45, 7) is 6.78. The Labute approximate surface area is 178 Å². The van der Waals surface area contributed by atoms with Crippen LogP contribution in [0.5, 0.6) is 0 Å². The monoisotopic (exact) mass is 423 g/mol. The van der Waals surface area contributed by atoms with Gasteiger partial charge < -0.3 is 4.90 Å². The molecular formula is C23H22ClN3OS. The van der Waals surface area contributed by atoms with Gasteiger partial charge in [-0.15, -0.1) is 0 Å². The van der Waals surface area contributed by atoms with Gasteiger partial charge in [0.15, 0.2) is 4.96 Å². The summed E-state index contributed by atoms with van der Waals surface area (Å²) in [5.41, 5.74) is 5.07. The number of aromatic nitrogens is 2. The molecule has 0 spiro atoms. The minimum atomic E-state index is -0.0428. The number of nitrogens with zero attached hydrogens (tertiary/aromatic N) is 3. The van der Waals surface area contributed by atoms with Crippen LogP contribution in [-0.4, -0.2) is 22.0 Å². The molecule has 0 fully saturated rings. The van der Waals surface area contributed by atoms with Crippen LogP contribution in [0.3, 0.4) is 0 Å². The molecule has 2 aromatic heterocycles. The van der Waals surface area contributed by atoms with E-state index in [9.17, 15) is 4.79 Å². The van der Waals surface area contributed by atoms with Crippen LogP contribution in [0.25, 0.3) is 22.1 Å². The fraction of sp³-hybridized carbons (Fsp3) is 0.304. The molecule has 0 saturated carbocycles. The van der Waals surface area contributed by atoms with Crippen molar-refractivity contribution in [1.29, 1.82) is 0 Å². The highest BCUT2D eigenvalue weighted by Crippen LogP contribution is 2.44. The van der Waals surface area contributed by atoms with Gasteiger partial charge in [0.05, 0.1) is 15.6 Å². The van der Waals surface area contributed by atoms with Gasteiger partial charge in [-0.05, 0) is 67.7 Å². The highest BCUT2D eigenvalue weighted by atomic mass is 35.5. The Balaban J connectivity index is 1.70. The first kappa shape index (κ1) is 18.6. The molecule has 2 aromatic carbocycles. The zero-order valence-electron chi connectivity index (χ0n) is 16.9. The standard InChI is InChI=1S/C23H22ClN3OS/c1-13-12-23(2,3)26(4)19-11-16(24)14(9-15(13)19)10-20-21(28)27-18-8-6-5-7-17(18)25-22(27)29-20/h5-11,13H,12H2,1-4H3/b20-10-/t13-/m0/s1. The van der Waals surface area contributed by atoms with E-state index in [0.29, 0.717) is 20.4 Å². The average Bonchev–Trinajstić information content (AvgIpc) is 3.17. The summed E-state index contributed by atoms with van der Waals surface area (Å²) in [5, 5.41) is 0.663. The summed E-state index contributed by atoms with van der Waals surface area (Å²) < 4.78 is 2.34. The normalized spacial score (nSPS) is 19.3. The fourth-order valence-corrected chi connectivity index (χ4v) is 5.66. The van der Waals surface area contributed by atoms with E-state index in [1.165, 1.54) is 22.6 Å². The second kappa shape index (κ2) is 6.31. The molecule has 0 unspecified atom stereocenters. The molecule has 29 heavy (non-hydrogen) atoms. The molecule has 0 aliphatic carbocycles. The third-order valence-corrected chi connectivity index (χ3v) is 7.48. The van der Waals surface area contributed by atoms with Crippen LogP contribution in [0, 0.1) is 0 Å². The first-order valence-electron chi connectivity index (χ1n) is 9.75. The van der Waals surface area contributed by atoms with Crippen molar-refractivity contribution >= 4 is 50.7 Å². The quantitative estimate of drug-likeness (QED) is 0.440. The molecular weight excluding hydrogens is 402 g/mol. The van der Waals surface area contributed by atoms with Gasteiger partial charge in [-0.1, -0.05) is 42.0 Å². The first-order valence-corrected chi connectivity index (χ1v) is 10.9. The Kier molecular flexibility index (Phi) is 4.06. The van der Waals surface area contributed by atoms with E-state index >= 15 is 0 Å². The molecule has 6 heteroatoms. The Bertz CT molecular complexity index is 1380. The molecule has 148 valence electrons. The molecule has 1 atom stereocenters. The van der Waals surface area contributed by atoms with Gasteiger partial charge >= 0.3 is 0 Å². The van der Waals surface area contributed by atoms with Crippen molar-refractivity contribution < 1.29 is 0 Å². The van der Waals surface area contributed by atoms with Crippen molar-refractivity contribution in [2.24, 2.45) is 0 Å². The predicted octanol–water partition coefficient (Wildman–Crippen LogP) is 4.83. The van der Waals surface area contributed by atoms with Crippen molar-refractivity contribution in [2.45, 2.75) is 38.6 Å². The molecule has 3 heterocycles. The van der Waals surface area contributed by atoms with E-state index in [1.54, 1.807) is 4.40 Å². The SMILES string of the molecule is C[C@H]1CC(C)(C)N(C)c2cc(Cl)c(/C=c3\sc4nc5ccccc5n4c3=O)cc21. The van der Waals surface area contributed by atoms with Gasteiger partial charge in [0.1, 0.15) is 0 Å². The lowest BCUT2D eigenvalue weighted by molar-refractivity contribution is 0.395. The van der Waals surface area contributed by atoms with E-state index < -0.39 is 0 Å². The van der Waals surface area contributed by atoms with Crippen molar-refractivity contribution in [1.82, 2.24) is 9.38 Å². The number of imidazole rings is 1. The van der Waals surface area contributed by atoms with Gasteiger partial charge in [-0.25, -0.2) is 9.38 Å². The Morgan fingerprint density at radius 1 is 1.28 bits per heavy atom. The molecule has 5 rings (SSSR count). The number of hydrogen-bond acceptors (Lipinski definition) is 4. The summed E-state index contributed by atoms with van der Waals surface area (Å²) in [6.07, 6.45) is 2.98. The van der Waals surface area contributed by atoms with E-state index in [1.807, 2.05) is 36.4 Å². The smallest absolute Gasteiger partial charge is 0.274 e. The second-order valence-corrected chi connectivity index (χ2v) is 9.96. The number of anilines is 1. The maximum absolute atomic E-state index is 13.1. The third kappa shape index (κ3) is 2.79. The highest BCUT2D eigenvalue weighted by molar-refractivity contribution is 7.15. The lowest BCUT2D eigenvalue weighted by Gasteiger charge is -2.45. The predicted molar refractivity (Wildman–Crippen MR) is 123 cm³/mol. The van der Waals surface area contributed by atoms with Gasteiger partial charge in [0.25, 0.3) is 5.56 Å². The van der Waals surface area contributed by atoms with Crippen LogP contribution in [0.1, 0.15) is 44.2 Å². The fourth-order valence-electron chi connectivity index (χ4n) is 4.47. The number of halogens is 1. The minimum absolute atomic E-state index is 0.0428. The first-order chi connectivity index (χ1) is 13.8. The molecule has 0 N–H and O–H groups in total. The summed E-state index contributed by atoms with van der Waals surface area (Å²) >= 11 is 8.07. The van der Waals surface area contributed by atoms with Gasteiger partial charge in [0, 0.05) is 23.3 Å². The number of benzene rings is 2. The lowest BCUT2D eigenvalue weighted by atomic mass is 9.80. The topological polar surface area (TPSA) is 37.6 Å². The number of fused-ring (bicyclic) bond motifs is 4. The van der Waals surface area contributed by atoms with Gasteiger partial charge in [-0.3, -0.25) is 4.79 Å². The van der Waals surface area contributed by atoms with Crippen LogP contribution >= 0.6 is 22.9 Å². The molecule has 1 aliphatic heterocycles. The van der Waals surface area contributed by atoms with Crippen LogP contribution < -0.4 is 15.0 Å². The number of hydrogen-bond donors (Lipinski definition) is 0. The van der Waals surface area contributed by atoms with Crippen molar-refractivity contribution in [3.05, 3.63) is 67.4 Å². The van der Waals surface area contributed by atoms with E-state index in [-0.39, 0.29) is 11.1 Å². The van der Waals surface area contributed by atoms with E-state index in [4.69, 9.17) is 11.6 Å². The molecule has 0 amide bonds. The van der Waals surface area contributed by atoms with Crippen molar-refractivity contribution in [3.63, 3.8) is 0 Å². The Hall–Kier alpha value is -2.37. The maximum atomic E-state index is 13.1. The largest absolute Gasteiger partial charge is 0.369 e. The molecule has 1 aliphatic rings. The molecule has 0 radical (unpaired) electrons. The van der Waals surface area contributed by atoms with Crippen molar-refractivity contribution in [3.8, 4) is 0 Å². The summed E-state index contributed by atoms with van der Waals surface area (Å²) in [7, 11) is 2.12. The van der Waals surface area contributed by atoms with Gasteiger partial charge in [0.2, 0.25) is 0 Å². The maximum Gasteiger partial charge on any atom is 0.274 e. The Morgan fingerprint density at radius 2 is 2.03 bits per heavy atom. The van der Waals surface area contributed by atoms with Gasteiger partial charge in [-0.2, -0.15) is 0 Å². The number of rotatable bonds is 1. The average molecular weight is 424 g/mol.